The molecule has 0 aliphatic carbocycles. The van der Waals surface area contributed by atoms with Crippen LogP contribution in [0.25, 0.3) is 10.9 Å². The number of carbonyl (C=O) groups excluding carboxylic acids is 1. The number of amides is 1. The summed E-state index contributed by atoms with van der Waals surface area (Å²) in [7, 11) is 0. The average Bonchev–Trinajstić information content (AvgIpc) is 2.85. The molecule has 1 atom stereocenters. The van der Waals surface area contributed by atoms with Gasteiger partial charge in [-0.15, -0.1) is 0 Å². The molecule has 2 rings (SSSR count). The second-order valence-electron chi connectivity index (χ2n) is 4.43. The molecule has 0 saturated carbocycles. The van der Waals surface area contributed by atoms with Crippen LogP contribution in [0.4, 0.5) is 0 Å². The molecule has 5 heteroatoms. The van der Waals surface area contributed by atoms with Crippen molar-refractivity contribution in [3.05, 3.63) is 36.0 Å². The average molecular weight is 260 g/mol. The molecule has 0 saturated heterocycles. The monoisotopic (exact) mass is 260 g/mol. The molecule has 0 aliphatic heterocycles. The molecule has 100 valence electrons. The molecule has 19 heavy (non-hydrogen) atoms. The van der Waals surface area contributed by atoms with E-state index >= 15 is 0 Å². The Hall–Kier alpha value is -2.30. The van der Waals surface area contributed by atoms with Crippen molar-refractivity contribution in [1.82, 2.24) is 10.3 Å². The van der Waals surface area contributed by atoms with Crippen molar-refractivity contribution in [3.63, 3.8) is 0 Å². The SMILES string of the molecule is CCCC(NC(=O)c1ccc2[nH]ccc2c1)C(=O)O. The molecule has 0 bridgehead atoms. The summed E-state index contributed by atoms with van der Waals surface area (Å²) >= 11 is 0. The fourth-order valence-electron chi connectivity index (χ4n) is 1.98. The number of aliphatic carboxylic acids is 1. The number of rotatable bonds is 5. The van der Waals surface area contributed by atoms with Gasteiger partial charge in [0.05, 0.1) is 0 Å². The lowest BCUT2D eigenvalue weighted by atomic mass is 10.1. The van der Waals surface area contributed by atoms with Crippen molar-refractivity contribution in [2.75, 3.05) is 0 Å². The van der Waals surface area contributed by atoms with Crippen LogP contribution >= 0.6 is 0 Å². The van der Waals surface area contributed by atoms with E-state index in [0.717, 1.165) is 10.9 Å². The van der Waals surface area contributed by atoms with E-state index in [1.54, 1.807) is 24.4 Å². The molecular formula is C14H16N2O3. The van der Waals surface area contributed by atoms with E-state index < -0.39 is 12.0 Å². The highest BCUT2D eigenvalue weighted by Crippen LogP contribution is 2.14. The third-order valence-electron chi connectivity index (χ3n) is 3.00. The zero-order valence-corrected chi connectivity index (χ0v) is 10.6. The summed E-state index contributed by atoms with van der Waals surface area (Å²) in [6.45, 7) is 1.88. The van der Waals surface area contributed by atoms with Gasteiger partial charge in [0.25, 0.3) is 5.91 Å². The Morgan fingerprint density at radius 3 is 2.84 bits per heavy atom. The summed E-state index contributed by atoms with van der Waals surface area (Å²) < 4.78 is 0. The number of carboxylic acids is 1. The predicted octanol–water partition coefficient (Wildman–Crippen LogP) is 2.15. The van der Waals surface area contributed by atoms with Crippen molar-refractivity contribution in [2.24, 2.45) is 0 Å². The Kier molecular flexibility index (Phi) is 3.85. The quantitative estimate of drug-likeness (QED) is 0.770. The maximum absolute atomic E-state index is 12.0. The first-order chi connectivity index (χ1) is 9.11. The first-order valence-electron chi connectivity index (χ1n) is 6.22. The zero-order chi connectivity index (χ0) is 13.8. The van der Waals surface area contributed by atoms with E-state index in [0.29, 0.717) is 18.4 Å². The molecule has 1 heterocycles. The molecule has 5 nitrogen and oxygen atoms in total. The predicted molar refractivity (Wildman–Crippen MR) is 72.1 cm³/mol. The Labute approximate surface area is 110 Å². The molecule has 0 radical (unpaired) electrons. The van der Waals surface area contributed by atoms with Crippen LogP contribution in [0.2, 0.25) is 0 Å². The van der Waals surface area contributed by atoms with Gasteiger partial charge in [-0.3, -0.25) is 4.79 Å². The molecule has 2 aromatic rings. The second-order valence-corrected chi connectivity index (χ2v) is 4.43. The van der Waals surface area contributed by atoms with Crippen LogP contribution in [0.15, 0.2) is 30.5 Å². The maximum Gasteiger partial charge on any atom is 0.326 e. The largest absolute Gasteiger partial charge is 0.480 e. The summed E-state index contributed by atoms with van der Waals surface area (Å²) in [4.78, 5) is 26.1. The van der Waals surface area contributed by atoms with Gasteiger partial charge in [0.15, 0.2) is 0 Å². The van der Waals surface area contributed by atoms with Crippen LogP contribution < -0.4 is 5.32 Å². The molecule has 1 amide bonds. The van der Waals surface area contributed by atoms with Crippen molar-refractivity contribution in [2.45, 2.75) is 25.8 Å². The number of fused-ring (bicyclic) bond motifs is 1. The Bertz CT molecular complexity index is 604. The van der Waals surface area contributed by atoms with E-state index in [1.807, 2.05) is 13.0 Å². The number of nitrogens with one attached hydrogen (secondary N) is 2. The fraction of sp³-hybridized carbons (Fsp3) is 0.286. The van der Waals surface area contributed by atoms with Gasteiger partial charge in [-0.25, -0.2) is 4.79 Å². The molecule has 0 spiro atoms. The summed E-state index contributed by atoms with van der Waals surface area (Å²) in [5, 5.41) is 12.5. The lowest BCUT2D eigenvalue weighted by Gasteiger charge is -2.13. The van der Waals surface area contributed by atoms with Crippen molar-refractivity contribution in [1.29, 1.82) is 0 Å². The van der Waals surface area contributed by atoms with Gasteiger partial charge < -0.3 is 15.4 Å². The van der Waals surface area contributed by atoms with Crippen LogP contribution in [0, 0.1) is 0 Å². The molecule has 1 unspecified atom stereocenters. The number of H-pyrrole nitrogens is 1. The highest BCUT2D eigenvalue weighted by atomic mass is 16.4. The number of aromatic amines is 1. The minimum absolute atomic E-state index is 0.357. The van der Waals surface area contributed by atoms with Crippen LogP contribution in [0.3, 0.4) is 0 Å². The number of aromatic nitrogens is 1. The minimum Gasteiger partial charge on any atom is -0.480 e. The topological polar surface area (TPSA) is 82.2 Å². The highest BCUT2D eigenvalue weighted by molar-refractivity contribution is 5.99. The molecule has 1 aromatic heterocycles. The number of hydrogen-bond donors (Lipinski definition) is 3. The van der Waals surface area contributed by atoms with Crippen LogP contribution in [0.5, 0.6) is 0 Å². The Morgan fingerprint density at radius 1 is 1.37 bits per heavy atom. The summed E-state index contributed by atoms with van der Waals surface area (Å²) in [5.74, 6) is -1.36. The fourth-order valence-corrected chi connectivity index (χ4v) is 1.98. The van der Waals surface area contributed by atoms with Crippen LogP contribution in [-0.2, 0) is 4.79 Å². The molecule has 0 aliphatic rings. The number of carbonyl (C=O) groups is 2. The highest BCUT2D eigenvalue weighted by Gasteiger charge is 2.19. The van der Waals surface area contributed by atoms with Crippen molar-refractivity contribution in [3.8, 4) is 0 Å². The molecule has 0 fully saturated rings. The standard InChI is InChI=1S/C14H16N2O3/c1-2-3-12(14(18)19)16-13(17)10-4-5-11-9(8-10)6-7-15-11/h4-8,12,15H,2-3H2,1H3,(H,16,17)(H,18,19). The van der Waals surface area contributed by atoms with Crippen molar-refractivity contribution < 1.29 is 14.7 Å². The maximum atomic E-state index is 12.0. The number of benzene rings is 1. The summed E-state index contributed by atoms with van der Waals surface area (Å²) in [6, 6.07) is 6.26. The third kappa shape index (κ3) is 2.93. The van der Waals surface area contributed by atoms with E-state index in [1.165, 1.54) is 0 Å². The first-order valence-corrected chi connectivity index (χ1v) is 6.22. The molecule has 1 aromatic carbocycles. The van der Waals surface area contributed by atoms with Crippen molar-refractivity contribution >= 4 is 22.8 Å². The number of hydrogen-bond acceptors (Lipinski definition) is 2. The molecule has 3 N–H and O–H groups in total. The van der Waals surface area contributed by atoms with Gasteiger partial charge >= 0.3 is 5.97 Å². The first kappa shape index (κ1) is 13.1. The van der Waals surface area contributed by atoms with E-state index in [-0.39, 0.29) is 5.91 Å². The van der Waals surface area contributed by atoms with Gasteiger partial charge in [-0.1, -0.05) is 13.3 Å². The van der Waals surface area contributed by atoms with Gasteiger partial charge in [0, 0.05) is 22.7 Å². The second kappa shape index (κ2) is 5.56. The summed E-state index contributed by atoms with van der Waals surface area (Å²) in [5.41, 5.74) is 1.41. The van der Waals surface area contributed by atoms with Gasteiger partial charge in [-0.05, 0) is 30.7 Å². The van der Waals surface area contributed by atoms with Gasteiger partial charge in [0.2, 0.25) is 0 Å². The van der Waals surface area contributed by atoms with Crippen LogP contribution in [0.1, 0.15) is 30.1 Å². The van der Waals surface area contributed by atoms with Crippen LogP contribution in [-0.4, -0.2) is 28.0 Å². The smallest absolute Gasteiger partial charge is 0.326 e. The lowest BCUT2D eigenvalue weighted by Crippen LogP contribution is -2.40. The third-order valence-corrected chi connectivity index (χ3v) is 3.00. The van der Waals surface area contributed by atoms with E-state index in [4.69, 9.17) is 5.11 Å². The number of carboxylic acid groups (broad SMARTS) is 1. The molecular weight excluding hydrogens is 244 g/mol. The van der Waals surface area contributed by atoms with E-state index in [9.17, 15) is 9.59 Å². The summed E-state index contributed by atoms with van der Waals surface area (Å²) in [6.07, 6.45) is 2.92. The normalized spacial score (nSPS) is 12.3. The lowest BCUT2D eigenvalue weighted by molar-refractivity contribution is -0.139. The zero-order valence-electron chi connectivity index (χ0n) is 10.6. The Balaban J connectivity index is 2.16. The Morgan fingerprint density at radius 2 is 2.16 bits per heavy atom. The van der Waals surface area contributed by atoms with Gasteiger partial charge in [-0.2, -0.15) is 0 Å². The minimum atomic E-state index is -1.00. The van der Waals surface area contributed by atoms with Gasteiger partial charge in [0.1, 0.15) is 6.04 Å². The van der Waals surface area contributed by atoms with E-state index in [2.05, 4.69) is 10.3 Å².